The zero-order valence-corrected chi connectivity index (χ0v) is 11.1. The van der Waals surface area contributed by atoms with Crippen molar-refractivity contribution in [1.82, 2.24) is 5.32 Å². The minimum Gasteiger partial charge on any atom is -0.399 e. The van der Waals surface area contributed by atoms with Crippen molar-refractivity contribution in [2.24, 2.45) is 0 Å². The highest BCUT2D eigenvalue weighted by molar-refractivity contribution is 5.79. The average molecular weight is 250 g/mol. The van der Waals surface area contributed by atoms with E-state index in [1.165, 1.54) is 0 Å². The van der Waals surface area contributed by atoms with E-state index in [0.717, 1.165) is 18.4 Å². The number of hydrogen-bond acceptors (Lipinski definition) is 3. The van der Waals surface area contributed by atoms with Crippen LogP contribution in [0.2, 0.25) is 0 Å². The fraction of sp³-hybridized carbons (Fsp3) is 0.500. The summed E-state index contributed by atoms with van der Waals surface area (Å²) >= 11 is 0. The second kappa shape index (κ2) is 7.71. The minimum atomic E-state index is 0.0103. The van der Waals surface area contributed by atoms with Gasteiger partial charge in [-0.1, -0.05) is 25.5 Å². The Morgan fingerprint density at radius 2 is 2.28 bits per heavy atom. The van der Waals surface area contributed by atoms with Crippen molar-refractivity contribution in [2.45, 2.75) is 32.2 Å². The highest BCUT2D eigenvalue weighted by atomic mass is 16.5. The predicted octanol–water partition coefficient (Wildman–Crippen LogP) is 1.74. The van der Waals surface area contributed by atoms with Gasteiger partial charge in [-0.05, 0) is 24.1 Å². The van der Waals surface area contributed by atoms with E-state index in [1.807, 2.05) is 24.3 Å². The Balaban J connectivity index is 2.49. The summed E-state index contributed by atoms with van der Waals surface area (Å²) in [5.74, 6) is 0.0103. The lowest BCUT2D eigenvalue weighted by molar-refractivity contribution is -0.121. The fourth-order valence-corrected chi connectivity index (χ4v) is 1.91. The summed E-state index contributed by atoms with van der Waals surface area (Å²) in [5, 5.41) is 2.98. The van der Waals surface area contributed by atoms with Crippen molar-refractivity contribution in [2.75, 3.05) is 19.5 Å². The molecule has 0 saturated carbocycles. The SMILES string of the molecule is CCCC(COC)NC(=O)Cc1cccc(N)c1. The highest BCUT2D eigenvalue weighted by Gasteiger charge is 2.11. The molecule has 4 heteroatoms. The molecule has 4 nitrogen and oxygen atoms in total. The number of hydrogen-bond donors (Lipinski definition) is 2. The Hall–Kier alpha value is -1.55. The first-order valence-corrected chi connectivity index (χ1v) is 6.28. The molecule has 0 saturated heterocycles. The van der Waals surface area contributed by atoms with Crippen LogP contribution in [0.15, 0.2) is 24.3 Å². The van der Waals surface area contributed by atoms with E-state index < -0.39 is 0 Å². The third-order valence-corrected chi connectivity index (χ3v) is 2.69. The van der Waals surface area contributed by atoms with Gasteiger partial charge in [0.2, 0.25) is 5.91 Å². The molecular weight excluding hydrogens is 228 g/mol. The van der Waals surface area contributed by atoms with Crippen LogP contribution in [0.25, 0.3) is 0 Å². The standard InChI is InChI=1S/C14H22N2O2/c1-3-5-13(10-18-2)16-14(17)9-11-6-4-7-12(15)8-11/h4,6-8,13H,3,5,9-10,15H2,1-2H3,(H,16,17). The molecule has 100 valence electrons. The fourth-order valence-electron chi connectivity index (χ4n) is 1.91. The molecular formula is C14H22N2O2. The van der Waals surface area contributed by atoms with Gasteiger partial charge in [-0.15, -0.1) is 0 Å². The second-order valence-corrected chi connectivity index (χ2v) is 4.43. The van der Waals surface area contributed by atoms with Crippen molar-refractivity contribution in [1.29, 1.82) is 0 Å². The first-order valence-electron chi connectivity index (χ1n) is 6.28. The number of nitrogens with one attached hydrogen (secondary N) is 1. The Bertz CT molecular complexity index is 374. The number of benzene rings is 1. The Morgan fingerprint density at radius 3 is 2.89 bits per heavy atom. The maximum atomic E-state index is 11.9. The topological polar surface area (TPSA) is 64.3 Å². The highest BCUT2D eigenvalue weighted by Crippen LogP contribution is 2.07. The number of ether oxygens (including phenoxy) is 1. The lowest BCUT2D eigenvalue weighted by Gasteiger charge is -2.17. The van der Waals surface area contributed by atoms with E-state index in [9.17, 15) is 4.79 Å². The predicted molar refractivity (Wildman–Crippen MR) is 73.3 cm³/mol. The van der Waals surface area contributed by atoms with E-state index in [0.29, 0.717) is 18.7 Å². The van der Waals surface area contributed by atoms with Gasteiger partial charge < -0.3 is 15.8 Å². The number of carbonyl (C=O) groups is 1. The van der Waals surface area contributed by atoms with Crippen LogP contribution < -0.4 is 11.1 Å². The molecule has 1 amide bonds. The molecule has 0 radical (unpaired) electrons. The van der Waals surface area contributed by atoms with Crippen molar-refractivity contribution in [3.63, 3.8) is 0 Å². The number of carbonyl (C=O) groups excluding carboxylic acids is 1. The molecule has 1 unspecified atom stereocenters. The summed E-state index contributed by atoms with van der Waals surface area (Å²) in [5.41, 5.74) is 7.29. The third kappa shape index (κ3) is 5.19. The number of methoxy groups -OCH3 is 1. The van der Waals surface area contributed by atoms with Crippen LogP contribution in [0, 0.1) is 0 Å². The van der Waals surface area contributed by atoms with Gasteiger partial charge in [-0.25, -0.2) is 0 Å². The Morgan fingerprint density at radius 1 is 1.50 bits per heavy atom. The minimum absolute atomic E-state index is 0.0103. The van der Waals surface area contributed by atoms with Crippen LogP contribution >= 0.6 is 0 Å². The molecule has 0 aliphatic carbocycles. The molecule has 0 aliphatic rings. The number of nitrogen functional groups attached to an aromatic ring is 1. The number of rotatable bonds is 7. The molecule has 0 bridgehead atoms. The largest absolute Gasteiger partial charge is 0.399 e. The molecule has 0 aliphatic heterocycles. The summed E-state index contributed by atoms with van der Waals surface area (Å²) in [7, 11) is 1.65. The molecule has 0 aromatic heterocycles. The van der Waals surface area contributed by atoms with Gasteiger partial charge in [0.15, 0.2) is 0 Å². The summed E-state index contributed by atoms with van der Waals surface area (Å²) in [6.07, 6.45) is 2.30. The first-order chi connectivity index (χ1) is 8.65. The van der Waals surface area contributed by atoms with E-state index in [4.69, 9.17) is 10.5 Å². The molecule has 18 heavy (non-hydrogen) atoms. The van der Waals surface area contributed by atoms with Crippen molar-refractivity contribution in [3.05, 3.63) is 29.8 Å². The van der Waals surface area contributed by atoms with Crippen molar-refractivity contribution >= 4 is 11.6 Å². The average Bonchev–Trinajstić information content (AvgIpc) is 2.29. The lowest BCUT2D eigenvalue weighted by Crippen LogP contribution is -2.38. The van der Waals surface area contributed by atoms with Crippen LogP contribution in [0.4, 0.5) is 5.69 Å². The third-order valence-electron chi connectivity index (χ3n) is 2.69. The zero-order valence-electron chi connectivity index (χ0n) is 11.1. The number of nitrogens with two attached hydrogens (primary N) is 1. The maximum Gasteiger partial charge on any atom is 0.224 e. The van der Waals surface area contributed by atoms with Gasteiger partial charge >= 0.3 is 0 Å². The van der Waals surface area contributed by atoms with Crippen molar-refractivity contribution in [3.8, 4) is 0 Å². The summed E-state index contributed by atoms with van der Waals surface area (Å²) in [4.78, 5) is 11.9. The number of amides is 1. The van der Waals surface area contributed by atoms with Crippen LogP contribution in [-0.2, 0) is 16.0 Å². The second-order valence-electron chi connectivity index (χ2n) is 4.43. The summed E-state index contributed by atoms with van der Waals surface area (Å²) in [6.45, 7) is 2.64. The summed E-state index contributed by atoms with van der Waals surface area (Å²) in [6, 6.07) is 7.49. The molecule has 3 N–H and O–H groups in total. The smallest absolute Gasteiger partial charge is 0.224 e. The van der Waals surface area contributed by atoms with Gasteiger partial charge in [0.1, 0.15) is 0 Å². The van der Waals surface area contributed by atoms with Gasteiger partial charge in [0.05, 0.1) is 19.1 Å². The molecule has 0 heterocycles. The van der Waals surface area contributed by atoms with Crippen LogP contribution in [0.5, 0.6) is 0 Å². The monoisotopic (exact) mass is 250 g/mol. The molecule has 1 aromatic rings. The first kappa shape index (κ1) is 14.5. The maximum absolute atomic E-state index is 11.9. The number of anilines is 1. The zero-order chi connectivity index (χ0) is 13.4. The normalized spacial score (nSPS) is 12.1. The molecule has 1 atom stereocenters. The molecule has 1 aromatic carbocycles. The van der Waals surface area contributed by atoms with Gasteiger partial charge in [-0.3, -0.25) is 4.79 Å². The lowest BCUT2D eigenvalue weighted by atomic mass is 10.1. The van der Waals surface area contributed by atoms with Crippen LogP contribution in [-0.4, -0.2) is 25.7 Å². The van der Waals surface area contributed by atoms with E-state index in [2.05, 4.69) is 12.2 Å². The van der Waals surface area contributed by atoms with Gasteiger partial charge in [0, 0.05) is 12.8 Å². The molecule has 1 rings (SSSR count). The van der Waals surface area contributed by atoms with Gasteiger partial charge in [0.25, 0.3) is 0 Å². The summed E-state index contributed by atoms with van der Waals surface area (Å²) < 4.78 is 5.09. The quantitative estimate of drug-likeness (QED) is 0.724. The van der Waals surface area contributed by atoms with E-state index in [-0.39, 0.29) is 11.9 Å². The van der Waals surface area contributed by atoms with E-state index in [1.54, 1.807) is 7.11 Å². The molecule has 0 fully saturated rings. The van der Waals surface area contributed by atoms with Crippen molar-refractivity contribution < 1.29 is 9.53 Å². The Labute approximate surface area is 109 Å². The van der Waals surface area contributed by atoms with E-state index >= 15 is 0 Å². The van der Waals surface area contributed by atoms with Gasteiger partial charge in [-0.2, -0.15) is 0 Å². The van der Waals surface area contributed by atoms with Crippen LogP contribution in [0.1, 0.15) is 25.3 Å². The van der Waals surface area contributed by atoms with Crippen LogP contribution in [0.3, 0.4) is 0 Å². The Kier molecular flexibility index (Phi) is 6.22. The molecule has 0 spiro atoms.